The van der Waals surface area contributed by atoms with E-state index in [0.717, 1.165) is 18.5 Å². The number of ether oxygens (including phenoxy) is 1. The lowest BCUT2D eigenvalue weighted by Crippen LogP contribution is -2.23. The van der Waals surface area contributed by atoms with E-state index in [2.05, 4.69) is 11.9 Å². The van der Waals surface area contributed by atoms with E-state index in [0.29, 0.717) is 5.84 Å². The van der Waals surface area contributed by atoms with Crippen molar-refractivity contribution in [2.45, 2.75) is 19.4 Å². The molecule has 3 heteroatoms. The van der Waals surface area contributed by atoms with Gasteiger partial charge in [0.1, 0.15) is 11.9 Å². The van der Waals surface area contributed by atoms with Crippen LogP contribution in [0.3, 0.4) is 0 Å². The third-order valence-electron chi connectivity index (χ3n) is 2.12. The van der Waals surface area contributed by atoms with E-state index >= 15 is 0 Å². The number of methoxy groups -OCH3 is 1. The lowest BCUT2D eigenvalue weighted by Gasteiger charge is -2.15. The van der Waals surface area contributed by atoms with Gasteiger partial charge in [0.05, 0.1) is 0 Å². The van der Waals surface area contributed by atoms with Crippen molar-refractivity contribution in [1.29, 1.82) is 0 Å². The van der Waals surface area contributed by atoms with E-state index in [9.17, 15) is 0 Å². The zero-order valence-corrected chi connectivity index (χ0v) is 9.31. The maximum atomic E-state index is 5.87. The molecule has 0 spiro atoms. The summed E-state index contributed by atoms with van der Waals surface area (Å²) in [5.41, 5.74) is 6.91. The fourth-order valence-corrected chi connectivity index (χ4v) is 1.38. The minimum atomic E-state index is -0.224. The third-order valence-corrected chi connectivity index (χ3v) is 2.12. The van der Waals surface area contributed by atoms with Gasteiger partial charge in [-0.3, -0.25) is 4.99 Å². The molecule has 1 aromatic carbocycles. The van der Waals surface area contributed by atoms with Crippen molar-refractivity contribution in [2.24, 2.45) is 10.7 Å². The second-order valence-corrected chi connectivity index (χ2v) is 3.33. The van der Waals surface area contributed by atoms with E-state index in [-0.39, 0.29) is 6.10 Å². The van der Waals surface area contributed by atoms with Gasteiger partial charge in [0.15, 0.2) is 0 Å². The minimum absolute atomic E-state index is 0.224. The largest absolute Gasteiger partial charge is 0.385 e. The van der Waals surface area contributed by atoms with Crippen LogP contribution < -0.4 is 5.73 Å². The van der Waals surface area contributed by atoms with E-state index in [4.69, 9.17) is 10.5 Å². The van der Waals surface area contributed by atoms with Gasteiger partial charge in [-0.25, -0.2) is 0 Å². The van der Waals surface area contributed by atoms with Gasteiger partial charge in [0, 0.05) is 13.7 Å². The number of benzene rings is 1. The van der Waals surface area contributed by atoms with Gasteiger partial charge in [-0.15, -0.1) is 0 Å². The molecule has 0 aliphatic carbocycles. The molecule has 0 bridgehead atoms. The summed E-state index contributed by atoms with van der Waals surface area (Å²) in [6.45, 7) is 2.82. The molecule has 1 rings (SSSR count). The van der Waals surface area contributed by atoms with Crippen LogP contribution in [0, 0.1) is 0 Å². The van der Waals surface area contributed by atoms with E-state index in [1.165, 1.54) is 0 Å². The summed E-state index contributed by atoms with van der Waals surface area (Å²) in [6.07, 6.45) is 0.768. The Labute approximate surface area is 91.0 Å². The molecule has 0 aromatic heterocycles. The number of amidine groups is 1. The fourth-order valence-electron chi connectivity index (χ4n) is 1.38. The lowest BCUT2D eigenvalue weighted by atomic mass is 10.1. The molecular weight excluding hydrogens is 188 g/mol. The summed E-state index contributed by atoms with van der Waals surface area (Å²) in [6, 6.07) is 9.88. The predicted molar refractivity (Wildman–Crippen MR) is 63.0 cm³/mol. The fraction of sp³-hybridized carbons (Fsp3) is 0.417. The summed E-state index contributed by atoms with van der Waals surface area (Å²) in [7, 11) is 1.64. The second kappa shape index (κ2) is 6.19. The normalized spacial score (nSPS) is 13.9. The number of aliphatic imine (C=N–C) groups is 1. The molecule has 15 heavy (non-hydrogen) atoms. The summed E-state index contributed by atoms with van der Waals surface area (Å²) < 4.78 is 5.34. The van der Waals surface area contributed by atoms with Crippen molar-refractivity contribution >= 4 is 5.84 Å². The van der Waals surface area contributed by atoms with Gasteiger partial charge in [-0.05, 0) is 12.0 Å². The molecule has 0 saturated heterocycles. The van der Waals surface area contributed by atoms with Crippen LogP contribution in [0.4, 0.5) is 0 Å². The van der Waals surface area contributed by atoms with Crippen LogP contribution >= 0.6 is 0 Å². The second-order valence-electron chi connectivity index (χ2n) is 3.33. The monoisotopic (exact) mass is 206 g/mol. The van der Waals surface area contributed by atoms with Gasteiger partial charge >= 0.3 is 0 Å². The highest BCUT2D eigenvalue weighted by atomic mass is 16.5. The number of nitrogens with two attached hydrogens (primary N) is 1. The zero-order chi connectivity index (χ0) is 11.1. The highest BCUT2D eigenvalue weighted by Gasteiger charge is 2.13. The maximum absolute atomic E-state index is 5.87. The Morgan fingerprint density at radius 3 is 2.60 bits per heavy atom. The zero-order valence-electron chi connectivity index (χ0n) is 9.31. The van der Waals surface area contributed by atoms with Crippen LogP contribution in [0.15, 0.2) is 35.3 Å². The molecule has 82 valence electrons. The van der Waals surface area contributed by atoms with Crippen LogP contribution in [-0.2, 0) is 4.74 Å². The van der Waals surface area contributed by atoms with Crippen LogP contribution in [0.1, 0.15) is 25.0 Å². The minimum Gasteiger partial charge on any atom is -0.385 e. The Morgan fingerprint density at radius 1 is 1.40 bits per heavy atom. The molecule has 2 N–H and O–H groups in total. The molecule has 1 aromatic rings. The smallest absolute Gasteiger partial charge is 0.139 e. The Balaban J connectivity index is 2.80. The summed E-state index contributed by atoms with van der Waals surface area (Å²) >= 11 is 0. The molecule has 0 heterocycles. The van der Waals surface area contributed by atoms with Crippen molar-refractivity contribution in [3.8, 4) is 0 Å². The molecule has 0 aliphatic rings. The van der Waals surface area contributed by atoms with E-state index in [1.807, 2.05) is 30.3 Å². The number of nitrogens with zero attached hydrogens (tertiary/aromatic N) is 1. The molecule has 0 saturated carbocycles. The molecule has 0 amide bonds. The first-order chi connectivity index (χ1) is 7.29. The Bertz CT molecular complexity index is 309. The first-order valence-electron chi connectivity index (χ1n) is 5.17. The summed E-state index contributed by atoms with van der Waals surface area (Å²) in [4.78, 5) is 4.26. The predicted octanol–water partition coefficient (Wildman–Crippen LogP) is 2.14. The molecule has 1 atom stereocenters. The summed E-state index contributed by atoms with van der Waals surface area (Å²) in [5.74, 6) is 0.547. The Kier molecular flexibility index (Phi) is 4.84. The van der Waals surface area contributed by atoms with Crippen LogP contribution in [0.2, 0.25) is 0 Å². The number of rotatable bonds is 5. The van der Waals surface area contributed by atoms with Crippen molar-refractivity contribution in [2.75, 3.05) is 13.7 Å². The third kappa shape index (κ3) is 3.36. The number of hydrogen-bond acceptors (Lipinski definition) is 2. The van der Waals surface area contributed by atoms with Crippen molar-refractivity contribution in [3.63, 3.8) is 0 Å². The van der Waals surface area contributed by atoms with Crippen molar-refractivity contribution in [1.82, 2.24) is 0 Å². The first kappa shape index (κ1) is 11.7. The van der Waals surface area contributed by atoms with Gasteiger partial charge < -0.3 is 10.5 Å². The highest BCUT2D eigenvalue weighted by molar-refractivity contribution is 5.86. The lowest BCUT2D eigenvalue weighted by molar-refractivity contribution is 0.156. The van der Waals surface area contributed by atoms with Crippen LogP contribution in [0.25, 0.3) is 0 Å². The first-order valence-corrected chi connectivity index (χ1v) is 5.17. The van der Waals surface area contributed by atoms with E-state index < -0.39 is 0 Å². The SMILES string of the molecule is CCCN=C(N)C(OC)c1ccccc1. The molecule has 0 aliphatic heterocycles. The topological polar surface area (TPSA) is 47.6 Å². The molecule has 1 unspecified atom stereocenters. The van der Waals surface area contributed by atoms with Crippen LogP contribution in [0.5, 0.6) is 0 Å². The van der Waals surface area contributed by atoms with Gasteiger partial charge in [0.2, 0.25) is 0 Å². The quantitative estimate of drug-likeness (QED) is 0.592. The van der Waals surface area contributed by atoms with Gasteiger partial charge in [-0.2, -0.15) is 0 Å². The molecular formula is C12H18N2O. The Hall–Kier alpha value is -1.35. The molecule has 0 fully saturated rings. The molecule has 3 nitrogen and oxygen atoms in total. The summed E-state index contributed by atoms with van der Waals surface area (Å²) in [5, 5.41) is 0. The van der Waals surface area contributed by atoms with Crippen molar-refractivity contribution < 1.29 is 4.74 Å². The maximum Gasteiger partial charge on any atom is 0.139 e. The standard InChI is InChI=1S/C12H18N2O/c1-3-9-14-12(13)11(15-2)10-7-5-4-6-8-10/h4-8,11H,3,9H2,1-2H3,(H2,13,14). The van der Waals surface area contributed by atoms with Gasteiger partial charge in [0.25, 0.3) is 0 Å². The molecule has 0 radical (unpaired) electrons. The highest BCUT2D eigenvalue weighted by Crippen LogP contribution is 2.16. The Morgan fingerprint density at radius 2 is 2.07 bits per heavy atom. The van der Waals surface area contributed by atoms with Crippen molar-refractivity contribution in [3.05, 3.63) is 35.9 Å². The number of hydrogen-bond donors (Lipinski definition) is 1. The van der Waals surface area contributed by atoms with Crippen LogP contribution in [-0.4, -0.2) is 19.5 Å². The van der Waals surface area contributed by atoms with E-state index in [1.54, 1.807) is 7.11 Å². The average Bonchev–Trinajstić information content (AvgIpc) is 2.29. The van der Waals surface area contributed by atoms with Gasteiger partial charge in [-0.1, -0.05) is 37.3 Å². The average molecular weight is 206 g/mol.